The second-order valence-electron chi connectivity index (χ2n) is 4.17. The molecule has 1 aromatic heterocycles. The molecule has 0 saturated carbocycles. The van der Waals surface area contributed by atoms with Crippen LogP contribution in [0.1, 0.15) is 20.0 Å². The number of carbonyl (C=O) groups is 3. The minimum atomic E-state index is -0.585. The Morgan fingerprint density at radius 3 is 2.36 bits per heavy atom. The lowest BCUT2D eigenvalue weighted by atomic mass is 10.2. The molecular weight excluding hydrogens is 309 g/mol. The first-order valence-corrected chi connectivity index (χ1v) is 7.10. The summed E-state index contributed by atoms with van der Waals surface area (Å²) in [5.74, 6) is -2.00. The molecule has 0 unspecified atom stereocenters. The lowest BCUT2D eigenvalue weighted by Gasteiger charge is -2.08. The SMILES string of the molecule is O=C(CNC(=O)c1cccs1)NNC(=O)c1ccc(F)cc1. The van der Waals surface area contributed by atoms with Crippen molar-refractivity contribution < 1.29 is 18.8 Å². The van der Waals surface area contributed by atoms with Crippen LogP contribution in [0.3, 0.4) is 0 Å². The number of carbonyl (C=O) groups excluding carboxylic acids is 3. The van der Waals surface area contributed by atoms with Gasteiger partial charge in [0.2, 0.25) is 0 Å². The molecule has 0 bridgehead atoms. The van der Waals surface area contributed by atoms with Gasteiger partial charge in [-0.15, -0.1) is 11.3 Å². The van der Waals surface area contributed by atoms with E-state index in [1.54, 1.807) is 17.5 Å². The van der Waals surface area contributed by atoms with Crippen molar-refractivity contribution in [3.8, 4) is 0 Å². The Balaban J connectivity index is 1.74. The van der Waals surface area contributed by atoms with Crippen molar-refractivity contribution >= 4 is 29.1 Å². The van der Waals surface area contributed by atoms with Crippen LogP contribution in [0.5, 0.6) is 0 Å². The Bertz CT molecular complexity index is 671. The summed E-state index contributed by atoms with van der Waals surface area (Å²) in [7, 11) is 0. The molecule has 3 amide bonds. The van der Waals surface area contributed by atoms with Gasteiger partial charge in [0.15, 0.2) is 0 Å². The number of hydrazine groups is 1. The number of thiophene rings is 1. The Morgan fingerprint density at radius 2 is 1.73 bits per heavy atom. The highest BCUT2D eigenvalue weighted by atomic mass is 32.1. The number of rotatable bonds is 4. The number of hydrogen-bond acceptors (Lipinski definition) is 4. The number of halogens is 1. The fraction of sp³-hybridized carbons (Fsp3) is 0.0714. The van der Waals surface area contributed by atoms with Gasteiger partial charge in [-0.1, -0.05) is 6.07 Å². The minimum Gasteiger partial charge on any atom is -0.342 e. The highest BCUT2D eigenvalue weighted by molar-refractivity contribution is 7.12. The molecule has 0 aliphatic carbocycles. The number of benzene rings is 1. The van der Waals surface area contributed by atoms with Crippen LogP contribution in [-0.2, 0) is 4.79 Å². The van der Waals surface area contributed by atoms with E-state index in [-0.39, 0.29) is 18.0 Å². The Kier molecular flexibility index (Phi) is 5.21. The first kappa shape index (κ1) is 15.6. The Hall–Kier alpha value is -2.74. The monoisotopic (exact) mass is 321 g/mol. The van der Waals surface area contributed by atoms with Gasteiger partial charge >= 0.3 is 0 Å². The molecule has 114 valence electrons. The van der Waals surface area contributed by atoms with E-state index in [1.807, 2.05) is 0 Å². The van der Waals surface area contributed by atoms with Gasteiger partial charge in [-0.3, -0.25) is 25.2 Å². The van der Waals surface area contributed by atoms with Crippen molar-refractivity contribution in [2.24, 2.45) is 0 Å². The molecule has 1 heterocycles. The normalized spacial score (nSPS) is 9.86. The summed E-state index contributed by atoms with van der Waals surface area (Å²) in [5.41, 5.74) is 4.52. The van der Waals surface area contributed by atoms with Gasteiger partial charge in [-0.2, -0.15) is 0 Å². The lowest BCUT2D eigenvalue weighted by Crippen LogP contribution is -2.46. The molecule has 22 heavy (non-hydrogen) atoms. The maximum atomic E-state index is 12.7. The van der Waals surface area contributed by atoms with E-state index in [9.17, 15) is 18.8 Å². The summed E-state index contributed by atoms with van der Waals surface area (Å²) in [5, 5.41) is 4.16. The van der Waals surface area contributed by atoms with Crippen LogP contribution in [0, 0.1) is 5.82 Å². The summed E-state index contributed by atoms with van der Waals surface area (Å²) in [6.45, 7) is -0.277. The van der Waals surface area contributed by atoms with Crippen molar-refractivity contribution in [2.45, 2.75) is 0 Å². The molecular formula is C14H12FN3O3S. The maximum absolute atomic E-state index is 12.7. The third-order valence-electron chi connectivity index (χ3n) is 2.58. The third kappa shape index (κ3) is 4.38. The Morgan fingerprint density at radius 1 is 1.00 bits per heavy atom. The topological polar surface area (TPSA) is 87.3 Å². The van der Waals surface area contributed by atoms with Gasteiger partial charge in [-0.05, 0) is 35.7 Å². The number of nitrogens with one attached hydrogen (secondary N) is 3. The first-order chi connectivity index (χ1) is 10.6. The van der Waals surface area contributed by atoms with Crippen molar-refractivity contribution in [1.82, 2.24) is 16.2 Å². The minimum absolute atomic E-state index is 0.198. The predicted molar refractivity (Wildman–Crippen MR) is 78.7 cm³/mol. The smallest absolute Gasteiger partial charge is 0.269 e. The van der Waals surface area contributed by atoms with Crippen molar-refractivity contribution in [1.29, 1.82) is 0 Å². The van der Waals surface area contributed by atoms with Crippen LogP contribution in [0.4, 0.5) is 4.39 Å². The second-order valence-corrected chi connectivity index (χ2v) is 5.12. The molecule has 3 N–H and O–H groups in total. The molecule has 1 aromatic carbocycles. The number of amides is 3. The van der Waals surface area contributed by atoms with Gasteiger partial charge in [-0.25, -0.2) is 4.39 Å². The summed E-state index contributed by atoms with van der Waals surface area (Å²) in [6.07, 6.45) is 0. The Labute approximate surface area is 129 Å². The van der Waals surface area contributed by atoms with E-state index < -0.39 is 17.6 Å². The highest BCUT2D eigenvalue weighted by Gasteiger charge is 2.10. The van der Waals surface area contributed by atoms with Gasteiger partial charge in [0.1, 0.15) is 5.82 Å². The van der Waals surface area contributed by atoms with Crippen LogP contribution in [-0.4, -0.2) is 24.3 Å². The average Bonchev–Trinajstić information content (AvgIpc) is 3.05. The number of hydrogen-bond donors (Lipinski definition) is 3. The van der Waals surface area contributed by atoms with Gasteiger partial charge in [0.05, 0.1) is 11.4 Å². The van der Waals surface area contributed by atoms with Gasteiger partial charge in [0.25, 0.3) is 17.7 Å². The van der Waals surface area contributed by atoms with E-state index in [4.69, 9.17) is 0 Å². The summed E-state index contributed by atoms with van der Waals surface area (Å²) >= 11 is 1.26. The van der Waals surface area contributed by atoms with Crippen LogP contribution in [0.25, 0.3) is 0 Å². The fourth-order valence-corrected chi connectivity index (χ4v) is 2.14. The zero-order valence-electron chi connectivity index (χ0n) is 11.3. The quantitative estimate of drug-likeness (QED) is 0.736. The molecule has 0 spiro atoms. The zero-order chi connectivity index (χ0) is 15.9. The molecule has 0 radical (unpaired) electrons. The maximum Gasteiger partial charge on any atom is 0.269 e. The molecule has 0 aliphatic heterocycles. The highest BCUT2D eigenvalue weighted by Crippen LogP contribution is 2.07. The summed E-state index contributed by atoms with van der Waals surface area (Å²) in [4.78, 5) is 35.2. The molecule has 2 aromatic rings. The predicted octanol–water partition coefficient (Wildman–Crippen LogP) is 1.08. The largest absolute Gasteiger partial charge is 0.342 e. The molecule has 0 fully saturated rings. The summed E-state index contributed by atoms with van der Waals surface area (Å²) in [6, 6.07) is 8.21. The molecule has 0 aliphatic rings. The van der Waals surface area contributed by atoms with Crippen molar-refractivity contribution in [2.75, 3.05) is 6.54 Å². The zero-order valence-corrected chi connectivity index (χ0v) is 12.1. The van der Waals surface area contributed by atoms with Crippen molar-refractivity contribution in [3.05, 3.63) is 58.0 Å². The first-order valence-electron chi connectivity index (χ1n) is 6.22. The van der Waals surface area contributed by atoms with Crippen molar-refractivity contribution in [3.63, 3.8) is 0 Å². The van der Waals surface area contributed by atoms with E-state index in [0.717, 1.165) is 12.1 Å². The second kappa shape index (κ2) is 7.32. The van der Waals surface area contributed by atoms with Gasteiger partial charge in [0, 0.05) is 5.56 Å². The van der Waals surface area contributed by atoms with E-state index in [2.05, 4.69) is 16.2 Å². The molecule has 2 rings (SSSR count). The lowest BCUT2D eigenvalue weighted by molar-refractivity contribution is -0.120. The van der Waals surface area contributed by atoms with E-state index in [1.165, 1.54) is 23.5 Å². The standard InChI is InChI=1S/C14H12FN3O3S/c15-10-5-3-9(4-6-10)13(20)18-17-12(19)8-16-14(21)11-2-1-7-22-11/h1-7H,8H2,(H,16,21)(H,17,19)(H,18,20). The van der Waals surface area contributed by atoms with Crippen LogP contribution in [0.2, 0.25) is 0 Å². The van der Waals surface area contributed by atoms with Gasteiger partial charge < -0.3 is 5.32 Å². The molecule has 0 saturated heterocycles. The fourth-order valence-electron chi connectivity index (χ4n) is 1.50. The average molecular weight is 321 g/mol. The van der Waals surface area contributed by atoms with Crippen LogP contribution < -0.4 is 16.2 Å². The molecule has 8 heteroatoms. The molecule has 0 atom stereocenters. The van der Waals surface area contributed by atoms with E-state index in [0.29, 0.717) is 4.88 Å². The van der Waals surface area contributed by atoms with Crippen LogP contribution in [0.15, 0.2) is 41.8 Å². The molecule has 6 nitrogen and oxygen atoms in total. The van der Waals surface area contributed by atoms with Crippen LogP contribution >= 0.6 is 11.3 Å². The third-order valence-corrected chi connectivity index (χ3v) is 3.44. The summed E-state index contributed by atoms with van der Waals surface area (Å²) < 4.78 is 12.7. The van der Waals surface area contributed by atoms with E-state index >= 15 is 0 Å².